The minimum Gasteiger partial charge on any atom is -0.352 e. The highest BCUT2D eigenvalue weighted by atomic mass is 19.1. The van der Waals surface area contributed by atoms with Crippen LogP contribution in [0.1, 0.15) is 54.0 Å². The molecule has 0 bridgehead atoms. The molecule has 2 amide bonds. The second-order valence-electron chi connectivity index (χ2n) is 7.45. The third-order valence-corrected chi connectivity index (χ3v) is 3.91. The molecule has 0 saturated heterocycles. The summed E-state index contributed by atoms with van der Waals surface area (Å²) in [7, 11) is 0. The second-order valence-corrected chi connectivity index (χ2v) is 7.45. The molecule has 2 aromatic rings. The molecule has 0 spiro atoms. The number of pyridine rings is 1. The van der Waals surface area contributed by atoms with Gasteiger partial charge < -0.3 is 15.2 Å². The Balaban J connectivity index is 2.33. The van der Waals surface area contributed by atoms with Gasteiger partial charge in [-0.3, -0.25) is 14.4 Å². The Morgan fingerprint density at radius 1 is 1.07 bits per heavy atom. The highest BCUT2D eigenvalue weighted by Crippen LogP contribution is 2.06. The van der Waals surface area contributed by atoms with Crippen LogP contribution in [0, 0.1) is 11.7 Å². The molecule has 0 unspecified atom stereocenters. The zero-order chi connectivity index (χ0) is 20.8. The van der Waals surface area contributed by atoms with Crippen molar-refractivity contribution in [3.63, 3.8) is 0 Å². The Labute approximate surface area is 163 Å². The van der Waals surface area contributed by atoms with Crippen molar-refractivity contribution < 1.29 is 14.0 Å². The second kappa shape index (κ2) is 9.30. The smallest absolute Gasteiger partial charge is 0.257 e. The minimum absolute atomic E-state index is 0.0721. The standard InChI is InChI=1S/C21H26FN3O3/c1-13(2)10-25-11-17(19(26)18(12-25)21(28)24-14(3)4)20(27)23-9-15-6-5-7-16(22)8-15/h5-8,11-14H,9-10H2,1-4H3,(H,23,27)(H,24,28). The molecule has 6 nitrogen and oxygen atoms in total. The van der Waals surface area contributed by atoms with Gasteiger partial charge >= 0.3 is 0 Å². The molecule has 1 aromatic carbocycles. The van der Waals surface area contributed by atoms with Crippen molar-refractivity contribution in [1.29, 1.82) is 0 Å². The highest BCUT2D eigenvalue weighted by molar-refractivity contribution is 5.99. The molecule has 0 radical (unpaired) electrons. The Bertz CT molecular complexity index is 919. The van der Waals surface area contributed by atoms with E-state index in [-0.39, 0.29) is 29.6 Å². The number of amides is 2. The molecule has 1 heterocycles. The fourth-order valence-corrected chi connectivity index (χ4v) is 2.75. The van der Waals surface area contributed by atoms with Crippen molar-refractivity contribution in [1.82, 2.24) is 15.2 Å². The van der Waals surface area contributed by atoms with Gasteiger partial charge in [-0.15, -0.1) is 0 Å². The zero-order valence-corrected chi connectivity index (χ0v) is 16.6. The number of hydrogen-bond acceptors (Lipinski definition) is 3. The molecule has 0 aliphatic rings. The molecule has 2 N–H and O–H groups in total. The Morgan fingerprint density at radius 2 is 1.71 bits per heavy atom. The molecule has 0 atom stereocenters. The van der Waals surface area contributed by atoms with Crippen LogP contribution in [0.5, 0.6) is 0 Å². The molecular weight excluding hydrogens is 361 g/mol. The predicted molar refractivity (Wildman–Crippen MR) is 106 cm³/mol. The fourth-order valence-electron chi connectivity index (χ4n) is 2.75. The summed E-state index contributed by atoms with van der Waals surface area (Å²) in [6.07, 6.45) is 2.93. The molecule has 1 aromatic heterocycles. The van der Waals surface area contributed by atoms with Crippen LogP contribution in [0.25, 0.3) is 0 Å². The van der Waals surface area contributed by atoms with E-state index in [1.54, 1.807) is 30.5 Å². The molecule has 7 heteroatoms. The van der Waals surface area contributed by atoms with E-state index in [0.717, 1.165) is 0 Å². The summed E-state index contributed by atoms with van der Waals surface area (Å²) in [6.45, 7) is 8.20. The van der Waals surface area contributed by atoms with Crippen LogP contribution >= 0.6 is 0 Å². The number of nitrogens with one attached hydrogen (secondary N) is 2. The topological polar surface area (TPSA) is 80.2 Å². The van der Waals surface area contributed by atoms with Gasteiger partial charge in [0.2, 0.25) is 5.43 Å². The first-order chi connectivity index (χ1) is 13.2. The van der Waals surface area contributed by atoms with Gasteiger partial charge in [0.05, 0.1) is 0 Å². The van der Waals surface area contributed by atoms with Gasteiger partial charge in [-0.25, -0.2) is 4.39 Å². The number of aromatic nitrogens is 1. The summed E-state index contributed by atoms with van der Waals surface area (Å²) < 4.78 is 15.0. The zero-order valence-electron chi connectivity index (χ0n) is 16.6. The van der Waals surface area contributed by atoms with Crippen LogP contribution in [0.4, 0.5) is 4.39 Å². The summed E-state index contributed by atoms with van der Waals surface area (Å²) in [5, 5.41) is 5.31. The van der Waals surface area contributed by atoms with Crippen molar-refractivity contribution in [3.05, 3.63) is 69.4 Å². The minimum atomic E-state index is -0.630. The van der Waals surface area contributed by atoms with E-state index >= 15 is 0 Å². The van der Waals surface area contributed by atoms with Crippen LogP contribution in [0.3, 0.4) is 0 Å². The molecule has 150 valence electrons. The van der Waals surface area contributed by atoms with E-state index in [9.17, 15) is 18.8 Å². The molecule has 2 rings (SSSR count). The lowest BCUT2D eigenvalue weighted by molar-refractivity contribution is 0.0941. The number of carbonyl (C=O) groups excluding carboxylic acids is 2. The maximum Gasteiger partial charge on any atom is 0.257 e. The predicted octanol–water partition coefficient (Wildman–Crippen LogP) is 2.71. The summed E-state index contributed by atoms with van der Waals surface area (Å²) in [4.78, 5) is 37.8. The van der Waals surface area contributed by atoms with E-state index < -0.39 is 23.1 Å². The third-order valence-electron chi connectivity index (χ3n) is 3.91. The average molecular weight is 387 g/mol. The van der Waals surface area contributed by atoms with Crippen molar-refractivity contribution in [2.24, 2.45) is 5.92 Å². The van der Waals surface area contributed by atoms with E-state index in [0.29, 0.717) is 12.1 Å². The molecule has 0 saturated carbocycles. The summed E-state index contributed by atoms with van der Waals surface area (Å²) in [5.41, 5.74) is -0.249. The van der Waals surface area contributed by atoms with E-state index in [1.807, 2.05) is 13.8 Å². The Kier molecular flexibility index (Phi) is 7.09. The van der Waals surface area contributed by atoms with Crippen LogP contribution in [0.2, 0.25) is 0 Å². The van der Waals surface area contributed by atoms with Gasteiger partial charge in [-0.1, -0.05) is 26.0 Å². The summed E-state index contributed by atoms with van der Waals surface area (Å²) in [6, 6.07) is 5.70. The quantitative estimate of drug-likeness (QED) is 0.767. The number of nitrogens with zero attached hydrogens (tertiary/aromatic N) is 1. The number of hydrogen-bond donors (Lipinski definition) is 2. The van der Waals surface area contributed by atoms with Crippen molar-refractivity contribution in [3.8, 4) is 0 Å². The normalized spacial score (nSPS) is 11.0. The summed E-state index contributed by atoms with van der Waals surface area (Å²) >= 11 is 0. The van der Waals surface area contributed by atoms with Gasteiger partial charge in [0.15, 0.2) is 0 Å². The van der Waals surface area contributed by atoms with Crippen molar-refractivity contribution in [2.75, 3.05) is 0 Å². The number of rotatable bonds is 7. The lowest BCUT2D eigenvalue weighted by Gasteiger charge is -2.15. The summed E-state index contributed by atoms with van der Waals surface area (Å²) in [5.74, 6) is -1.27. The monoisotopic (exact) mass is 387 g/mol. The molecule has 28 heavy (non-hydrogen) atoms. The first-order valence-electron chi connectivity index (χ1n) is 9.25. The first-order valence-corrected chi connectivity index (χ1v) is 9.25. The van der Waals surface area contributed by atoms with Gasteiger partial charge in [-0.05, 0) is 37.5 Å². The van der Waals surface area contributed by atoms with Crippen molar-refractivity contribution in [2.45, 2.75) is 46.8 Å². The van der Waals surface area contributed by atoms with E-state index in [4.69, 9.17) is 0 Å². The maximum absolute atomic E-state index is 13.3. The third kappa shape index (κ3) is 5.77. The largest absolute Gasteiger partial charge is 0.352 e. The highest BCUT2D eigenvalue weighted by Gasteiger charge is 2.20. The van der Waals surface area contributed by atoms with Crippen LogP contribution in [-0.4, -0.2) is 22.4 Å². The van der Waals surface area contributed by atoms with Crippen molar-refractivity contribution >= 4 is 11.8 Å². The molecular formula is C21H26FN3O3. The van der Waals surface area contributed by atoms with Gasteiger partial charge in [0.25, 0.3) is 11.8 Å². The van der Waals surface area contributed by atoms with E-state index in [2.05, 4.69) is 10.6 Å². The average Bonchev–Trinajstić information content (AvgIpc) is 2.60. The van der Waals surface area contributed by atoms with Crippen LogP contribution in [-0.2, 0) is 13.1 Å². The van der Waals surface area contributed by atoms with Crippen LogP contribution < -0.4 is 16.1 Å². The Morgan fingerprint density at radius 3 is 2.29 bits per heavy atom. The maximum atomic E-state index is 13.3. The molecule has 0 aliphatic carbocycles. The number of benzene rings is 1. The van der Waals surface area contributed by atoms with Gasteiger partial charge in [0.1, 0.15) is 16.9 Å². The molecule has 0 aliphatic heterocycles. The Hall–Kier alpha value is -2.96. The van der Waals surface area contributed by atoms with E-state index in [1.165, 1.54) is 24.5 Å². The SMILES string of the molecule is CC(C)Cn1cc(C(=O)NCc2cccc(F)c2)c(=O)c(C(=O)NC(C)C)c1. The van der Waals surface area contributed by atoms with Gasteiger partial charge in [0, 0.05) is 31.5 Å². The first kappa shape index (κ1) is 21.3. The number of halogens is 1. The lowest BCUT2D eigenvalue weighted by Crippen LogP contribution is -2.37. The van der Waals surface area contributed by atoms with Gasteiger partial charge in [-0.2, -0.15) is 0 Å². The van der Waals surface area contributed by atoms with Crippen LogP contribution in [0.15, 0.2) is 41.5 Å². The molecule has 0 fully saturated rings. The lowest BCUT2D eigenvalue weighted by atomic mass is 10.1. The fraction of sp³-hybridized carbons (Fsp3) is 0.381. The number of carbonyl (C=O) groups is 2.